The first-order valence-electron chi connectivity index (χ1n) is 6.51. The minimum atomic E-state index is -0.354. The summed E-state index contributed by atoms with van der Waals surface area (Å²) in [7, 11) is 1.65. The maximum Gasteiger partial charge on any atom is 0.271 e. The van der Waals surface area contributed by atoms with Gasteiger partial charge < -0.3 is 4.90 Å². The summed E-state index contributed by atoms with van der Waals surface area (Å²) in [6.07, 6.45) is 2.96. The highest BCUT2D eigenvalue weighted by Crippen LogP contribution is 2.12. The van der Waals surface area contributed by atoms with Crippen LogP contribution >= 0.6 is 22.9 Å². The summed E-state index contributed by atoms with van der Waals surface area (Å²) in [6.45, 7) is 0.391. The van der Waals surface area contributed by atoms with Gasteiger partial charge in [-0.05, 0) is 17.7 Å². The van der Waals surface area contributed by atoms with Crippen molar-refractivity contribution in [3.63, 3.8) is 0 Å². The Morgan fingerprint density at radius 2 is 2.09 bits per heavy atom. The molecule has 1 aromatic carbocycles. The monoisotopic (exact) mass is 333 g/mol. The summed E-state index contributed by atoms with van der Waals surface area (Å²) in [5.74, 6) is -0.354. The van der Waals surface area contributed by atoms with Gasteiger partial charge in [-0.25, -0.2) is 4.98 Å². The Balaban J connectivity index is 1.86. The summed E-state index contributed by atoms with van der Waals surface area (Å²) in [4.78, 5) is 30.9. The number of fused-ring (bicyclic) bond motifs is 1. The quantitative estimate of drug-likeness (QED) is 0.740. The van der Waals surface area contributed by atoms with E-state index in [0.717, 1.165) is 5.56 Å². The van der Waals surface area contributed by atoms with Crippen molar-refractivity contribution in [1.29, 1.82) is 0 Å². The number of benzene rings is 1. The topological polar surface area (TPSA) is 54.7 Å². The van der Waals surface area contributed by atoms with Crippen LogP contribution in [0.4, 0.5) is 0 Å². The molecule has 0 atom stereocenters. The number of halogens is 1. The van der Waals surface area contributed by atoms with Crippen LogP contribution in [0.3, 0.4) is 0 Å². The minimum absolute atomic E-state index is 0.0624. The third-order valence-corrected chi connectivity index (χ3v) is 4.28. The Hall–Kier alpha value is -2.18. The SMILES string of the molecule is CN(Cc1ccc(Cl)cc1)C(=O)c1cnc2sccn2c1=O. The molecule has 0 saturated heterocycles. The molecule has 0 bridgehead atoms. The van der Waals surface area contributed by atoms with Crippen LogP contribution in [-0.2, 0) is 6.54 Å². The molecule has 3 rings (SSSR count). The zero-order valence-corrected chi connectivity index (χ0v) is 13.3. The number of hydrogen-bond donors (Lipinski definition) is 0. The lowest BCUT2D eigenvalue weighted by Crippen LogP contribution is -2.32. The first-order valence-corrected chi connectivity index (χ1v) is 7.77. The number of hydrogen-bond acceptors (Lipinski definition) is 4. The smallest absolute Gasteiger partial charge is 0.271 e. The zero-order valence-electron chi connectivity index (χ0n) is 11.7. The second-order valence-electron chi connectivity index (χ2n) is 4.82. The average Bonchev–Trinajstić information content (AvgIpc) is 2.99. The molecule has 0 aliphatic heterocycles. The molecule has 1 amide bonds. The maximum absolute atomic E-state index is 12.5. The van der Waals surface area contributed by atoms with E-state index < -0.39 is 0 Å². The summed E-state index contributed by atoms with van der Waals surface area (Å²) in [5, 5.41) is 2.40. The zero-order chi connectivity index (χ0) is 15.7. The number of nitrogens with zero attached hydrogens (tertiary/aromatic N) is 3. The first-order chi connectivity index (χ1) is 10.6. The highest BCUT2D eigenvalue weighted by Gasteiger charge is 2.18. The van der Waals surface area contributed by atoms with Crippen LogP contribution in [0.1, 0.15) is 15.9 Å². The summed E-state index contributed by atoms with van der Waals surface area (Å²) in [5.41, 5.74) is 0.650. The number of thiazole rings is 1. The predicted molar refractivity (Wildman–Crippen MR) is 86.6 cm³/mol. The molecule has 0 spiro atoms. The molecule has 2 heterocycles. The van der Waals surface area contributed by atoms with Crippen molar-refractivity contribution in [3.05, 3.63) is 68.5 Å². The first kappa shape index (κ1) is 14.7. The van der Waals surface area contributed by atoms with E-state index in [9.17, 15) is 9.59 Å². The Bertz CT molecular complexity index is 886. The number of amides is 1. The molecule has 3 aromatic rings. The molecule has 2 aromatic heterocycles. The van der Waals surface area contributed by atoms with Crippen LogP contribution in [0.2, 0.25) is 5.02 Å². The van der Waals surface area contributed by atoms with Crippen molar-refractivity contribution < 1.29 is 4.79 Å². The predicted octanol–water partition coefficient (Wildman–Crippen LogP) is 2.68. The fraction of sp³-hybridized carbons (Fsp3) is 0.133. The maximum atomic E-state index is 12.5. The van der Waals surface area contributed by atoms with Crippen molar-refractivity contribution in [2.24, 2.45) is 0 Å². The Kier molecular flexibility index (Phi) is 3.96. The van der Waals surface area contributed by atoms with Gasteiger partial charge in [-0.2, -0.15) is 0 Å². The van der Waals surface area contributed by atoms with Crippen molar-refractivity contribution in [2.75, 3.05) is 7.05 Å². The Morgan fingerprint density at radius 1 is 1.36 bits per heavy atom. The lowest BCUT2D eigenvalue weighted by Gasteiger charge is -2.16. The van der Waals surface area contributed by atoms with Gasteiger partial charge in [0.15, 0.2) is 4.96 Å². The van der Waals surface area contributed by atoms with E-state index in [-0.39, 0.29) is 17.0 Å². The van der Waals surface area contributed by atoms with Gasteiger partial charge in [0, 0.05) is 36.4 Å². The van der Waals surface area contributed by atoms with Gasteiger partial charge >= 0.3 is 0 Å². The molecular formula is C15H12ClN3O2S. The number of aromatic nitrogens is 2. The van der Waals surface area contributed by atoms with Crippen LogP contribution in [-0.4, -0.2) is 27.2 Å². The summed E-state index contributed by atoms with van der Waals surface area (Å²) >= 11 is 7.19. The third kappa shape index (κ3) is 2.75. The van der Waals surface area contributed by atoms with E-state index >= 15 is 0 Å². The molecule has 0 unspecified atom stereocenters. The molecular weight excluding hydrogens is 322 g/mol. The molecule has 0 aliphatic rings. The van der Waals surface area contributed by atoms with Crippen molar-refractivity contribution in [2.45, 2.75) is 6.54 Å². The van der Waals surface area contributed by atoms with E-state index in [2.05, 4.69) is 4.98 Å². The molecule has 5 nitrogen and oxygen atoms in total. The van der Waals surface area contributed by atoms with Gasteiger partial charge in [0.05, 0.1) is 0 Å². The summed E-state index contributed by atoms with van der Waals surface area (Å²) < 4.78 is 1.38. The lowest BCUT2D eigenvalue weighted by atomic mass is 10.2. The van der Waals surface area contributed by atoms with Crippen LogP contribution in [0.25, 0.3) is 4.96 Å². The fourth-order valence-electron chi connectivity index (χ4n) is 2.11. The Labute approximate surface area is 135 Å². The van der Waals surface area contributed by atoms with E-state index in [4.69, 9.17) is 11.6 Å². The van der Waals surface area contributed by atoms with Crippen LogP contribution < -0.4 is 5.56 Å². The lowest BCUT2D eigenvalue weighted by molar-refractivity contribution is 0.0782. The number of carbonyl (C=O) groups excluding carboxylic acids is 1. The minimum Gasteiger partial charge on any atom is -0.337 e. The Morgan fingerprint density at radius 3 is 2.82 bits per heavy atom. The largest absolute Gasteiger partial charge is 0.337 e. The molecule has 0 aliphatic carbocycles. The van der Waals surface area contributed by atoms with Gasteiger partial charge in [-0.15, -0.1) is 11.3 Å². The van der Waals surface area contributed by atoms with Gasteiger partial charge in [0.2, 0.25) is 0 Å². The van der Waals surface area contributed by atoms with Crippen LogP contribution in [0.15, 0.2) is 46.8 Å². The molecule has 0 radical (unpaired) electrons. The van der Waals surface area contributed by atoms with Crippen molar-refractivity contribution >= 4 is 33.8 Å². The second-order valence-corrected chi connectivity index (χ2v) is 6.13. The second kappa shape index (κ2) is 5.90. The highest BCUT2D eigenvalue weighted by molar-refractivity contribution is 7.15. The molecule has 7 heteroatoms. The molecule has 0 saturated carbocycles. The molecule has 112 valence electrons. The van der Waals surface area contributed by atoms with Crippen LogP contribution in [0, 0.1) is 0 Å². The number of rotatable bonds is 3. The highest BCUT2D eigenvalue weighted by atomic mass is 35.5. The van der Waals surface area contributed by atoms with E-state index in [0.29, 0.717) is 16.5 Å². The van der Waals surface area contributed by atoms with Crippen LogP contribution in [0.5, 0.6) is 0 Å². The van der Waals surface area contributed by atoms with Gasteiger partial charge in [0.1, 0.15) is 5.56 Å². The van der Waals surface area contributed by atoms with Gasteiger partial charge in [-0.3, -0.25) is 14.0 Å². The van der Waals surface area contributed by atoms with E-state index in [1.807, 2.05) is 12.1 Å². The van der Waals surface area contributed by atoms with E-state index in [1.54, 1.807) is 30.8 Å². The van der Waals surface area contributed by atoms with E-state index in [1.165, 1.54) is 26.8 Å². The summed E-state index contributed by atoms with van der Waals surface area (Å²) in [6, 6.07) is 7.23. The standard InChI is InChI=1S/C15H12ClN3O2S/c1-18(9-10-2-4-11(16)5-3-10)13(20)12-8-17-15-19(14(12)21)6-7-22-15/h2-8H,9H2,1H3. The molecule has 0 N–H and O–H groups in total. The molecule has 0 fully saturated rings. The van der Waals surface area contributed by atoms with Crippen molar-refractivity contribution in [3.8, 4) is 0 Å². The van der Waals surface area contributed by atoms with Crippen molar-refractivity contribution in [1.82, 2.24) is 14.3 Å². The van der Waals surface area contributed by atoms with Gasteiger partial charge in [0.25, 0.3) is 11.5 Å². The normalized spacial score (nSPS) is 10.8. The van der Waals surface area contributed by atoms with Gasteiger partial charge in [-0.1, -0.05) is 23.7 Å². The number of carbonyl (C=O) groups is 1. The molecule has 22 heavy (non-hydrogen) atoms. The average molecular weight is 334 g/mol. The fourth-order valence-corrected chi connectivity index (χ4v) is 2.91. The third-order valence-electron chi connectivity index (χ3n) is 3.25.